The van der Waals surface area contributed by atoms with E-state index in [4.69, 9.17) is 21.1 Å². The molecule has 1 heterocycles. The molecule has 1 fully saturated rings. The van der Waals surface area contributed by atoms with Crippen molar-refractivity contribution in [1.82, 2.24) is 5.32 Å². The first-order valence-corrected chi connectivity index (χ1v) is 11.3. The van der Waals surface area contributed by atoms with Crippen molar-refractivity contribution in [2.45, 2.75) is 6.61 Å². The largest absolute Gasteiger partial charge is 0.493 e. The van der Waals surface area contributed by atoms with E-state index in [2.05, 4.69) is 21.2 Å². The van der Waals surface area contributed by atoms with Crippen molar-refractivity contribution in [1.29, 1.82) is 0 Å². The molecule has 1 aliphatic heterocycles. The van der Waals surface area contributed by atoms with E-state index in [9.17, 15) is 14.4 Å². The highest BCUT2D eigenvalue weighted by Gasteiger charge is 2.37. The second kappa shape index (κ2) is 10.1. The molecule has 3 aromatic rings. The van der Waals surface area contributed by atoms with Gasteiger partial charge in [0.1, 0.15) is 12.2 Å². The van der Waals surface area contributed by atoms with Crippen molar-refractivity contribution in [3.05, 3.63) is 92.9 Å². The monoisotopic (exact) mass is 540 g/mol. The summed E-state index contributed by atoms with van der Waals surface area (Å²) >= 11 is 9.64. The number of benzene rings is 3. The highest BCUT2D eigenvalue weighted by atomic mass is 79.9. The second-order valence-electron chi connectivity index (χ2n) is 7.22. The Kier molecular flexibility index (Phi) is 7.00. The Balaban J connectivity index is 1.66. The fourth-order valence-electron chi connectivity index (χ4n) is 3.37. The van der Waals surface area contributed by atoms with Crippen LogP contribution in [0.5, 0.6) is 11.5 Å². The number of nitrogens with zero attached hydrogens (tertiary/aromatic N) is 1. The third-order valence-corrected chi connectivity index (χ3v) is 5.89. The summed E-state index contributed by atoms with van der Waals surface area (Å²) in [7, 11) is 1.49. The number of ether oxygens (including phenoxy) is 2. The van der Waals surface area contributed by atoms with Gasteiger partial charge < -0.3 is 9.47 Å². The van der Waals surface area contributed by atoms with E-state index in [1.54, 1.807) is 30.3 Å². The van der Waals surface area contributed by atoms with Gasteiger partial charge in [-0.15, -0.1) is 0 Å². The predicted molar refractivity (Wildman–Crippen MR) is 132 cm³/mol. The zero-order chi connectivity index (χ0) is 24.2. The van der Waals surface area contributed by atoms with Gasteiger partial charge in [0.2, 0.25) is 0 Å². The highest BCUT2D eigenvalue weighted by molar-refractivity contribution is 9.10. The lowest BCUT2D eigenvalue weighted by atomic mass is 10.1. The van der Waals surface area contributed by atoms with Crippen LogP contribution in [0.2, 0.25) is 5.02 Å². The van der Waals surface area contributed by atoms with E-state index in [1.807, 2.05) is 30.3 Å². The Hall–Kier alpha value is -3.62. The van der Waals surface area contributed by atoms with Crippen LogP contribution in [0.15, 0.2) is 76.8 Å². The predicted octanol–water partition coefficient (Wildman–Crippen LogP) is 5.36. The topological polar surface area (TPSA) is 84.9 Å². The van der Waals surface area contributed by atoms with E-state index < -0.39 is 17.8 Å². The number of urea groups is 1. The normalized spacial score (nSPS) is 14.9. The molecule has 0 unspecified atom stereocenters. The molecule has 4 amide bonds. The minimum atomic E-state index is -0.872. The van der Waals surface area contributed by atoms with Crippen LogP contribution in [-0.4, -0.2) is 25.0 Å². The molecule has 0 radical (unpaired) electrons. The number of carbonyl (C=O) groups is 3. The number of halogens is 2. The molecule has 172 valence electrons. The van der Waals surface area contributed by atoms with Gasteiger partial charge in [-0.1, -0.05) is 54.1 Å². The Morgan fingerprint density at radius 2 is 1.74 bits per heavy atom. The van der Waals surface area contributed by atoms with E-state index in [0.717, 1.165) is 10.5 Å². The minimum absolute atomic E-state index is 0.175. The maximum absolute atomic E-state index is 13.1. The number of nitrogens with one attached hydrogen (secondary N) is 1. The van der Waals surface area contributed by atoms with E-state index in [1.165, 1.54) is 19.3 Å². The standard InChI is InChI=1S/C25H18BrClN2O5/c1-33-21-13-16(12-18(26)22(21)34-14-15-7-3-2-4-8-15)11-17-23(30)28-25(32)29(24(17)31)20-10-6-5-9-19(20)27/h2-13H,14H2,1H3,(H,28,30,32)/b17-11+. The van der Waals surface area contributed by atoms with Crippen LogP contribution >= 0.6 is 27.5 Å². The van der Waals surface area contributed by atoms with Crippen LogP contribution in [0.1, 0.15) is 11.1 Å². The van der Waals surface area contributed by atoms with Crippen molar-refractivity contribution >= 4 is 57.1 Å². The average molecular weight is 542 g/mol. The summed E-state index contributed by atoms with van der Waals surface area (Å²) in [6, 6.07) is 18.5. The van der Waals surface area contributed by atoms with Crippen molar-refractivity contribution in [3.8, 4) is 11.5 Å². The summed E-state index contributed by atoms with van der Waals surface area (Å²) in [5.41, 5.74) is 1.42. The Morgan fingerprint density at radius 3 is 2.44 bits per heavy atom. The molecule has 1 saturated heterocycles. The fourth-order valence-corrected chi connectivity index (χ4v) is 4.16. The molecule has 0 aromatic heterocycles. The van der Waals surface area contributed by atoms with Crippen LogP contribution in [0.25, 0.3) is 6.08 Å². The quantitative estimate of drug-likeness (QED) is 0.336. The minimum Gasteiger partial charge on any atom is -0.493 e. The fraction of sp³-hybridized carbons (Fsp3) is 0.0800. The molecule has 7 nitrogen and oxygen atoms in total. The van der Waals surface area contributed by atoms with Crippen molar-refractivity contribution in [3.63, 3.8) is 0 Å². The molecule has 34 heavy (non-hydrogen) atoms. The van der Waals surface area contributed by atoms with Crippen LogP contribution < -0.4 is 19.7 Å². The SMILES string of the molecule is COc1cc(/C=C2\C(=O)NC(=O)N(c3ccccc3Cl)C2=O)cc(Br)c1OCc1ccccc1. The first-order valence-electron chi connectivity index (χ1n) is 10.1. The highest BCUT2D eigenvalue weighted by Crippen LogP contribution is 2.38. The zero-order valence-corrected chi connectivity index (χ0v) is 20.2. The van der Waals surface area contributed by atoms with Gasteiger partial charge in [-0.25, -0.2) is 9.69 Å². The molecule has 0 saturated carbocycles. The summed E-state index contributed by atoms with van der Waals surface area (Å²) in [5, 5.41) is 2.38. The summed E-state index contributed by atoms with van der Waals surface area (Å²) in [4.78, 5) is 38.8. The Bertz CT molecular complexity index is 1310. The summed E-state index contributed by atoms with van der Waals surface area (Å²) < 4.78 is 12.0. The maximum Gasteiger partial charge on any atom is 0.335 e. The summed E-state index contributed by atoms with van der Waals surface area (Å²) in [6.45, 7) is 0.325. The molecular weight excluding hydrogens is 524 g/mol. The maximum atomic E-state index is 13.1. The van der Waals surface area contributed by atoms with Gasteiger partial charge in [0, 0.05) is 0 Å². The molecule has 0 spiro atoms. The lowest BCUT2D eigenvalue weighted by molar-refractivity contribution is -0.122. The number of para-hydroxylation sites is 1. The van der Waals surface area contributed by atoms with Gasteiger partial charge in [0.15, 0.2) is 11.5 Å². The third-order valence-electron chi connectivity index (χ3n) is 4.98. The molecule has 0 aliphatic carbocycles. The van der Waals surface area contributed by atoms with Gasteiger partial charge in [0.05, 0.1) is 22.3 Å². The lowest BCUT2D eigenvalue weighted by Gasteiger charge is -2.27. The lowest BCUT2D eigenvalue weighted by Crippen LogP contribution is -2.54. The third kappa shape index (κ3) is 4.83. The van der Waals surface area contributed by atoms with Gasteiger partial charge in [-0.2, -0.15) is 0 Å². The number of hydrogen-bond donors (Lipinski definition) is 1. The smallest absolute Gasteiger partial charge is 0.335 e. The van der Waals surface area contributed by atoms with Crippen molar-refractivity contribution in [2.75, 3.05) is 12.0 Å². The van der Waals surface area contributed by atoms with Crippen LogP contribution in [0.3, 0.4) is 0 Å². The second-order valence-corrected chi connectivity index (χ2v) is 8.48. The number of carbonyl (C=O) groups excluding carboxylic acids is 3. The van der Waals surface area contributed by atoms with Gasteiger partial charge >= 0.3 is 6.03 Å². The molecule has 0 atom stereocenters. The van der Waals surface area contributed by atoms with Crippen molar-refractivity contribution in [2.24, 2.45) is 0 Å². The number of anilines is 1. The molecule has 1 aliphatic rings. The first kappa shape index (κ1) is 23.5. The number of methoxy groups -OCH3 is 1. The molecule has 0 bridgehead atoms. The number of imide groups is 2. The summed E-state index contributed by atoms with van der Waals surface area (Å²) in [5.74, 6) is -0.722. The number of amides is 4. The molecule has 3 aromatic carbocycles. The number of hydrogen-bond acceptors (Lipinski definition) is 5. The molecule has 9 heteroatoms. The summed E-state index contributed by atoms with van der Waals surface area (Å²) in [6.07, 6.45) is 1.38. The Labute approximate surface area is 209 Å². The van der Waals surface area contributed by atoms with Gasteiger partial charge in [-0.05, 0) is 57.4 Å². The van der Waals surface area contributed by atoms with Crippen LogP contribution in [0, 0.1) is 0 Å². The van der Waals surface area contributed by atoms with Gasteiger partial charge in [-0.3, -0.25) is 14.9 Å². The molecule has 1 N–H and O–H groups in total. The number of rotatable bonds is 6. The molecular formula is C25H18BrClN2O5. The Morgan fingerprint density at radius 1 is 1.03 bits per heavy atom. The zero-order valence-electron chi connectivity index (χ0n) is 17.9. The number of barbiturate groups is 1. The van der Waals surface area contributed by atoms with Crippen LogP contribution in [-0.2, 0) is 16.2 Å². The van der Waals surface area contributed by atoms with E-state index >= 15 is 0 Å². The average Bonchev–Trinajstić information content (AvgIpc) is 2.82. The van der Waals surface area contributed by atoms with E-state index in [0.29, 0.717) is 28.1 Å². The first-order chi connectivity index (χ1) is 16.4. The van der Waals surface area contributed by atoms with E-state index in [-0.39, 0.29) is 16.3 Å². The molecule has 4 rings (SSSR count). The van der Waals surface area contributed by atoms with Gasteiger partial charge in [0.25, 0.3) is 11.8 Å². The van der Waals surface area contributed by atoms with Crippen LogP contribution in [0.4, 0.5) is 10.5 Å². The van der Waals surface area contributed by atoms with Crippen molar-refractivity contribution < 1.29 is 23.9 Å².